The Kier molecular flexibility index (Phi) is 12.6. The molecule has 0 amide bonds. The first-order chi connectivity index (χ1) is 14.9. The van der Waals surface area contributed by atoms with Crippen LogP contribution in [0.2, 0.25) is 0 Å². The fourth-order valence-electron chi connectivity index (χ4n) is 2.09. The molecule has 172 valence electrons. The summed E-state index contributed by atoms with van der Waals surface area (Å²) < 4.78 is 68.5. The van der Waals surface area contributed by atoms with Gasteiger partial charge in [-0.25, -0.2) is 0 Å². The molecular formula is C16H10Na2O14S2. The Hall–Kier alpha value is -1.86. The molecule has 0 bridgehead atoms. The second-order valence-corrected chi connectivity index (χ2v) is 8.03. The second-order valence-electron chi connectivity index (χ2n) is 5.31. The molecule has 0 atom stereocenters. The van der Waals surface area contributed by atoms with Crippen LogP contribution in [-0.2, 0) is 20.2 Å². The Morgan fingerprint density at radius 1 is 0.618 bits per heavy atom. The van der Waals surface area contributed by atoms with Gasteiger partial charge in [0.2, 0.25) is 0 Å². The molecule has 34 heavy (non-hydrogen) atoms. The third-order valence-corrected chi connectivity index (χ3v) is 5.15. The van der Waals surface area contributed by atoms with E-state index in [2.05, 4.69) is 6.07 Å². The van der Waals surface area contributed by atoms with Gasteiger partial charge in [-0.05, 0) is 22.3 Å². The molecule has 18 heteroatoms. The molecule has 0 unspecified atom stereocenters. The van der Waals surface area contributed by atoms with Crippen molar-refractivity contribution in [2.45, 2.75) is 9.79 Å². The summed E-state index contributed by atoms with van der Waals surface area (Å²) in [5, 5.41) is 34.7. The largest absolute Gasteiger partial charge is 1.00 e. The van der Waals surface area contributed by atoms with Crippen molar-refractivity contribution in [3.05, 3.63) is 58.6 Å². The molecule has 2 aromatic rings. The van der Waals surface area contributed by atoms with Crippen molar-refractivity contribution in [3.8, 4) is 0 Å². The van der Waals surface area contributed by atoms with Gasteiger partial charge in [0, 0.05) is 11.2 Å². The van der Waals surface area contributed by atoms with Crippen LogP contribution in [0, 0.1) is 12.1 Å². The van der Waals surface area contributed by atoms with Crippen LogP contribution in [0.1, 0.15) is 42.8 Å². The first kappa shape index (κ1) is 32.1. The zero-order valence-corrected chi connectivity index (χ0v) is 22.6. The SMILES string of the molecule is O=C(O)c1c[c-]cc(C(=O)O)c1S(=O)(=O)O.[2H]c1[c-]cc(C(=O)O)c(S(=O)(=O)O)c1C(=O)O.[Na+].[Na+]. The molecular weight excluding hydrogens is 526 g/mol. The van der Waals surface area contributed by atoms with Crippen LogP contribution in [0.15, 0.2) is 34.0 Å². The van der Waals surface area contributed by atoms with Gasteiger partial charge in [0.05, 0.1) is 0 Å². The topological polar surface area (TPSA) is 258 Å². The maximum absolute atomic E-state index is 11.0. The molecule has 0 spiro atoms. The van der Waals surface area contributed by atoms with E-state index in [4.69, 9.17) is 30.9 Å². The van der Waals surface area contributed by atoms with E-state index in [1.165, 1.54) is 0 Å². The van der Waals surface area contributed by atoms with Crippen molar-refractivity contribution in [2.24, 2.45) is 0 Å². The number of carboxylic acids is 4. The van der Waals surface area contributed by atoms with Crippen LogP contribution in [-0.4, -0.2) is 70.2 Å². The second kappa shape index (κ2) is 13.3. The number of benzene rings is 2. The quantitative estimate of drug-likeness (QED) is 0.114. The third kappa shape index (κ3) is 8.73. The molecule has 2 rings (SSSR count). The molecule has 0 aliphatic carbocycles. The number of hydrogen-bond donors (Lipinski definition) is 6. The molecule has 0 radical (unpaired) electrons. The van der Waals surface area contributed by atoms with Crippen LogP contribution in [0.4, 0.5) is 0 Å². The fourth-order valence-corrected chi connectivity index (χ4v) is 3.76. The summed E-state index contributed by atoms with van der Waals surface area (Å²) in [6.45, 7) is 0. The van der Waals surface area contributed by atoms with E-state index in [9.17, 15) is 36.0 Å². The van der Waals surface area contributed by atoms with Gasteiger partial charge in [-0.2, -0.15) is 53.2 Å². The van der Waals surface area contributed by atoms with Gasteiger partial charge in [0.1, 0.15) is 0 Å². The zero-order valence-electron chi connectivity index (χ0n) is 18.0. The summed E-state index contributed by atoms with van der Waals surface area (Å²) >= 11 is 0. The zero-order chi connectivity index (χ0) is 25.9. The maximum Gasteiger partial charge on any atom is 1.00 e. The Labute approximate surface area is 236 Å². The fraction of sp³-hybridized carbons (Fsp3) is 0. The summed E-state index contributed by atoms with van der Waals surface area (Å²) in [5.41, 5.74) is -3.78. The average molecular weight is 537 g/mol. The van der Waals surface area contributed by atoms with Gasteiger partial charge < -0.3 is 20.4 Å². The average Bonchev–Trinajstić information content (AvgIpc) is 2.65. The molecule has 0 fully saturated rings. The minimum atomic E-state index is -5.08. The Bertz CT molecular complexity index is 1350. The van der Waals surface area contributed by atoms with Gasteiger partial charge in [0.15, 0.2) is 0 Å². The summed E-state index contributed by atoms with van der Waals surface area (Å²) in [6, 6.07) is 5.44. The van der Waals surface area contributed by atoms with Gasteiger partial charge in [-0.15, -0.1) is 0 Å². The van der Waals surface area contributed by atoms with Crippen LogP contribution in [0.3, 0.4) is 0 Å². The van der Waals surface area contributed by atoms with Crippen molar-refractivity contribution in [1.82, 2.24) is 0 Å². The Morgan fingerprint density at radius 2 is 0.882 bits per heavy atom. The van der Waals surface area contributed by atoms with Crippen molar-refractivity contribution in [2.75, 3.05) is 0 Å². The van der Waals surface area contributed by atoms with E-state index in [0.717, 1.165) is 12.1 Å². The number of aromatic carboxylic acids is 4. The standard InChI is InChI=1S/2C8H5O7S.2Na/c2*9-7(10)4-2-1-3-5(8(11)12)6(4)16(13,14)15;;/h2*2-3H,(H,9,10)(H,11,12)(H,13,14,15);;/q2*-1;2*+1/i2D;;;. The van der Waals surface area contributed by atoms with E-state index in [-0.39, 0.29) is 59.1 Å². The number of carboxylic acid groups (broad SMARTS) is 4. The van der Waals surface area contributed by atoms with Crippen LogP contribution < -0.4 is 59.1 Å². The number of hydrogen-bond acceptors (Lipinski definition) is 8. The van der Waals surface area contributed by atoms with Crippen molar-refractivity contribution in [1.29, 1.82) is 0 Å². The molecule has 0 aliphatic heterocycles. The van der Waals surface area contributed by atoms with Gasteiger partial charge in [0.25, 0.3) is 44.1 Å². The first-order valence-electron chi connectivity index (χ1n) is 7.88. The molecule has 6 N–H and O–H groups in total. The van der Waals surface area contributed by atoms with Crippen LogP contribution in [0.25, 0.3) is 0 Å². The summed E-state index contributed by atoms with van der Waals surface area (Å²) in [7, 11) is -10.0. The van der Waals surface area contributed by atoms with E-state index in [0.29, 0.717) is 6.07 Å². The van der Waals surface area contributed by atoms with Gasteiger partial charge in [-0.3, -0.25) is 28.3 Å². The van der Waals surface area contributed by atoms with Gasteiger partial charge >= 0.3 is 59.1 Å². The van der Waals surface area contributed by atoms with Crippen LogP contribution in [0.5, 0.6) is 0 Å². The summed E-state index contributed by atoms with van der Waals surface area (Å²) in [5.74, 6) is -6.95. The number of carbonyl (C=O) groups is 4. The Morgan fingerprint density at radius 3 is 1.15 bits per heavy atom. The molecule has 0 saturated carbocycles. The molecule has 0 aliphatic rings. The Balaban J connectivity index is 0. The van der Waals surface area contributed by atoms with Crippen molar-refractivity contribution < 1.29 is 126 Å². The smallest absolute Gasteiger partial charge is 0.487 e. The molecule has 0 aromatic heterocycles. The summed E-state index contributed by atoms with van der Waals surface area (Å²) in [6.07, 6.45) is 0. The summed E-state index contributed by atoms with van der Waals surface area (Å²) in [4.78, 5) is 40.3. The van der Waals surface area contributed by atoms with Crippen LogP contribution >= 0.6 is 0 Å². The third-order valence-electron chi connectivity index (χ3n) is 3.25. The van der Waals surface area contributed by atoms with E-state index >= 15 is 0 Å². The van der Waals surface area contributed by atoms with E-state index in [1.807, 2.05) is 6.07 Å². The minimum absolute atomic E-state index is 0. The van der Waals surface area contributed by atoms with Crippen molar-refractivity contribution in [3.63, 3.8) is 0 Å². The van der Waals surface area contributed by atoms with Gasteiger partial charge in [-0.1, -0.05) is 0 Å². The first-order valence-corrected chi connectivity index (χ1v) is 10.3. The molecule has 0 saturated heterocycles. The number of rotatable bonds is 6. The molecule has 2 aromatic carbocycles. The molecule has 14 nitrogen and oxygen atoms in total. The minimum Gasteiger partial charge on any atom is -0.487 e. The monoisotopic (exact) mass is 537 g/mol. The predicted octanol–water partition coefficient (Wildman–Crippen LogP) is -5.73. The predicted molar refractivity (Wildman–Crippen MR) is 98.0 cm³/mol. The van der Waals surface area contributed by atoms with E-state index in [1.54, 1.807) is 0 Å². The maximum atomic E-state index is 11.0. The normalized spacial score (nSPS) is 10.8. The van der Waals surface area contributed by atoms with E-state index < -0.39 is 82.2 Å². The molecule has 0 heterocycles. The van der Waals surface area contributed by atoms with Crippen molar-refractivity contribution >= 4 is 44.1 Å².